The molecule has 2 rings (SSSR count). The number of hydrogen-bond donors (Lipinski definition) is 2. The van der Waals surface area contributed by atoms with Crippen molar-refractivity contribution < 1.29 is 4.79 Å². The number of nitrogens with one attached hydrogen (secondary N) is 2. The summed E-state index contributed by atoms with van der Waals surface area (Å²) in [6.45, 7) is 3.82. The zero-order valence-electron chi connectivity index (χ0n) is 11.4. The van der Waals surface area contributed by atoms with Crippen molar-refractivity contribution in [3.05, 3.63) is 24.3 Å². The van der Waals surface area contributed by atoms with Crippen molar-refractivity contribution >= 4 is 35.8 Å². The lowest BCUT2D eigenvalue weighted by Crippen LogP contribution is -2.46. The lowest BCUT2D eigenvalue weighted by Gasteiger charge is -2.32. The minimum Gasteiger partial charge on any atom is -0.326 e. The first-order valence-electron chi connectivity index (χ1n) is 6.30. The van der Waals surface area contributed by atoms with E-state index in [1.165, 1.54) is 4.90 Å². The van der Waals surface area contributed by atoms with Crippen LogP contribution in [-0.2, 0) is 4.79 Å². The quantitative estimate of drug-likeness (QED) is 0.843. The van der Waals surface area contributed by atoms with Gasteiger partial charge in [0.25, 0.3) is 0 Å². The van der Waals surface area contributed by atoms with Crippen LogP contribution in [0.4, 0.5) is 5.69 Å². The highest BCUT2D eigenvalue weighted by atomic mass is 35.5. The van der Waals surface area contributed by atoms with Crippen LogP contribution in [0.3, 0.4) is 0 Å². The maximum absolute atomic E-state index is 12.3. The number of thioether (sulfide) groups is 1. The van der Waals surface area contributed by atoms with Gasteiger partial charge in [0.15, 0.2) is 0 Å². The van der Waals surface area contributed by atoms with Crippen LogP contribution in [0.5, 0.6) is 0 Å². The average molecular weight is 301 g/mol. The molecule has 1 aromatic carbocycles. The van der Waals surface area contributed by atoms with Crippen molar-refractivity contribution in [3.63, 3.8) is 0 Å². The van der Waals surface area contributed by atoms with Gasteiger partial charge in [-0.3, -0.25) is 4.79 Å². The van der Waals surface area contributed by atoms with E-state index in [-0.39, 0.29) is 23.7 Å². The Kier molecular flexibility index (Phi) is 6.17. The van der Waals surface area contributed by atoms with Gasteiger partial charge in [0.1, 0.15) is 0 Å². The highest BCUT2D eigenvalue weighted by Gasteiger charge is 2.34. The number of piperidine rings is 1. The van der Waals surface area contributed by atoms with Gasteiger partial charge in [0.05, 0.1) is 5.41 Å². The van der Waals surface area contributed by atoms with E-state index in [2.05, 4.69) is 10.6 Å². The first-order chi connectivity index (χ1) is 8.64. The van der Waals surface area contributed by atoms with Gasteiger partial charge in [-0.05, 0) is 50.8 Å². The van der Waals surface area contributed by atoms with Crippen LogP contribution in [0.25, 0.3) is 0 Å². The number of rotatable bonds is 3. The van der Waals surface area contributed by atoms with Gasteiger partial charge in [-0.15, -0.1) is 24.2 Å². The Bertz CT molecular complexity index is 433. The van der Waals surface area contributed by atoms with Crippen LogP contribution in [0.15, 0.2) is 29.2 Å². The topological polar surface area (TPSA) is 41.1 Å². The summed E-state index contributed by atoms with van der Waals surface area (Å²) < 4.78 is 0. The molecular formula is C14H21ClN2OS. The lowest BCUT2D eigenvalue weighted by atomic mass is 9.82. The van der Waals surface area contributed by atoms with Crippen LogP contribution in [0.1, 0.15) is 19.8 Å². The fraction of sp³-hybridized carbons (Fsp3) is 0.500. The van der Waals surface area contributed by atoms with Crippen LogP contribution in [0.2, 0.25) is 0 Å². The third-order valence-electron chi connectivity index (χ3n) is 3.47. The predicted octanol–water partition coefficient (Wildman–Crippen LogP) is 3.16. The molecular weight excluding hydrogens is 280 g/mol. The molecule has 1 atom stereocenters. The van der Waals surface area contributed by atoms with Crippen LogP contribution in [0, 0.1) is 5.41 Å². The van der Waals surface area contributed by atoms with Crippen molar-refractivity contribution in [1.29, 1.82) is 0 Å². The van der Waals surface area contributed by atoms with Crippen LogP contribution >= 0.6 is 24.2 Å². The van der Waals surface area contributed by atoms with E-state index in [1.54, 1.807) is 11.8 Å². The molecule has 5 heteroatoms. The molecule has 1 unspecified atom stereocenters. The second-order valence-electron chi connectivity index (χ2n) is 5.03. The van der Waals surface area contributed by atoms with Crippen molar-refractivity contribution in [2.75, 3.05) is 24.7 Å². The van der Waals surface area contributed by atoms with Crippen molar-refractivity contribution in [1.82, 2.24) is 5.32 Å². The third kappa shape index (κ3) is 4.13. The summed E-state index contributed by atoms with van der Waals surface area (Å²) in [6.07, 6.45) is 4.05. The smallest absolute Gasteiger partial charge is 0.231 e. The Morgan fingerprint density at radius 3 is 2.89 bits per heavy atom. The van der Waals surface area contributed by atoms with Crippen molar-refractivity contribution in [2.24, 2.45) is 5.41 Å². The minimum atomic E-state index is -0.284. The largest absolute Gasteiger partial charge is 0.326 e. The van der Waals surface area contributed by atoms with E-state index in [4.69, 9.17) is 0 Å². The SMILES string of the molecule is CSc1cccc(NC(=O)C2(C)CCCNC2)c1.Cl. The highest BCUT2D eigenvalue weighted by Crippen LogP contribution is 2.28. The fourth-order valence-corrected chi connectivity index (χ4v) is 2.69. The number of anilines is 1. The number of carbonyl (C=O) groups is 1. The molecule has 2 N–H and O–H groups in total. The Labute approximate surface area is 125 Å². The zero-order chi connectivity index (χ0) is 13.0. The van der Waals surface area contributed by atoms with Gasteiger partial charge >= 0.3 is 0 Å². The van der Waals surface area contributed by atoms with Gasteiger partial charge in [0, 0.05) is 17.1 Å². The molecule has 0 aromatic heterocycles. The molecule has 1 aromatic rings. The second kappa shape index (κ2) is 7.17. The Hall–Kier alpha value is -0.710. The molecule has 0 spiro atoms. The number of amides is 1. The first kappa shape index (κ1) is 16.3. The Balaban J connectivity index is 0.00000180. The summed E-state index contributed by atoms with van der Waals surface area (Å²) >= 11 is 1.68. The molecule has 1 saturated heterocycles. The van der Waals surface area contributed by atoms with Crippen molar-refractivity contribution in [2.45, 2.75) is 24.7 Å². The van der Waals surface area contributed by atoms with Crippen molar-refractivity contribution in [3.8, 4) is 0 Å². The van der Waals surface area contributed by atoms with E-state index in [1.807, 2.05) is 37.4 Å². The second-order valence-corrected chi connectivity index (χ2v) is 5.91. The average Bonchev–Trinajstić information content (AvgIpc) is 2.40. The maximum Gasteiger partial charge on any atom is 0.231 e. The molecule has 0 bridgehead atoms. The van der Waals surface area contributed by atoms with Gasteiger partial charge in [0.2, 0.25) is 5.91 Å². The van der Waals surface area contributed by atoms with Gasteiger partial charge in [-0.25, -0.2) is 0 Å². The summed E-state index contributed by atoms with van der Waals surface area (Å²) in [7, 11) is 0. The maximum atomic E-state index is 12.3. The zero-order valence-corrected chi connectivity index (χ0v) is 13.0. The monoisotopic (exact) mass is 300 g/mol. The standard InChI is InChI=1S/C14H20N2OS.ClH/c1-14(7-4-8-15-10-14)13(17)16-11-5-3-6-12(9-11)18-2;/h3,5-6,9,15H,4,7-8,10H2,1-2H3,(H,16,17);1H. The lowest BCUT2D eigenvalue weighted by molar-refractivity contribution is -0.125. The summed E-state index contributed by atoms with van der Waals surface area (Å²) in [5.74, 6) is 0.118. The molecule has 19 heavy (non-hydrogen) atoms. The number of hydrogen-bond acceptors (Lipinski definition) is 3. The fourth-order valence-electron chi connectivity index (χ4n) is 2.23. The molecule has 0 aliphatic carbocycles. The third-order valence-corrected chi connectivity index (χ3v) is 4.20. The molecule has 0 radical (unpaired) electrons. The van der Waals surface area contributed by atoms with E-state index in [9.17, 15) is 4.79 Å². The van der Waals surface area contributed by atoms with Gasteiger partial charge < -0.3 is 10.6 Å². The molecule has 1 amide bonds. The summed E-state index contributed by atoms with van der Waals surface area (Å²) in [5, 5.41) is 6.33. The molecule has 1 heterocycles. The summed E-state index contributed by atoms with van der Waals surface area (Å²) in [4.78, 5) is 13.5. The molecule has 1 fully saturated rings. The van der Waals surface area contributed by atoms with Gasteiger partial charge in [-0.2, -0.15) is 0 Å². The number of benzene rings is 1. The molecule has 1 aliphatic heterocycles. The molecule has 0 saturated carbocycles. The first-order valence-corrected chi connectivity index (χ1v) is 7.53. The van der Waals surface area contributed by atoms with Crippen LogP contribution < -0.4 is 10.6 Å². The Morgan fingerprint density at radius 1 is 1.47 bits per heavy atom. The molecule has 3 nitrogen and oxygen atoms in total. The van der Waals surface area contributed by atoms with E-state index >= 15 is 0 Å². The minimum absolute atomic E-state index is 0. The van der Waals surface area contributed by atoms with Crippen LogP contribution in [-0.4, -0.2) is 25.3 Å². The normalized spacial score (nSPS) is 22.4. The molecule has 106 valence electrons. The van der Waals surface area contributed by atoms with E-state index in [0.717, 1.165) is 31.6 Å². The highest BCUT2D eigenvalue weighted by molar-refractivity contribution is 7.98. The summed E-state index contributed by atoms with van der Waals surface area (Å²) in [5.41, 5.74) is 0.604. The molecule has 1 aliphatic rings. The predicted molar refractivity (Wildman–Crippen MR) is 84.3 cm³/mol. The Morgan fingerprint density at radius 2 is 2.26 bits per heavy atom. The van der Waals surface area contributed by atoms with E-state index < -0.39 is 0 Å². The summed E-state index contributed by atoms with van der Waals surface area (Å²) in [6, 6.07) is 7.98. The van der Waals surface area contributed by atoms with E-state index in [0.29, 0.717) is 0 Å². The number of carbonyl (C=O) groups excluding carboxylic acids is 1. The van der Waals surface area contributed by atoms with Gasteiger partial charge in [-0.1, -0.05) is 6.07 Å². The number of halogens is 1.